The number of nitrogens with one attached hydrogen (secondary N) is 1. The van der Waals surface area contributed by atoms with Crippen LogP contribution in [0.15, 0.2) is 42.5 Å². The molecule has 2 aromatic rings. The lowest BCUT2D eigenvalue weighted by Crippen LogP contribution is -2.32. The van der Waals surface area contributed by atoms with Crippen LogP contribution in [0.4, 0.5) is 0 Å². The van der Waals surface area contributed by atoms with Crippen LogP contribution in [0.2, 0.25) is 0 Å². The fourth-order valence-electron chi connectivity index (χ4n) is 2.70. The summed E-state index contributed by atoms with van der Waals surface area (Å²) in [6, 6.07) is 14.1. The van der Waals surface area contributed by atoms with Crippen LogP contribution in [-0.4, -0.2) is 20.2 Å². The summed E-state index contributed by atoms with van der Waals surface area (Å²) in [5.74, 6) is 0.372. The highest BCUT2D eigenvalue weighted by Gasteiger charge is 2.25. The zero-order valence-electron chi connectivity index (χ0n) is 14.9. The molecule has 0 bridgehead atoms. The molecule has 25 heavy (non-hydrogen) atoms. The van der Waals surface area contributed by atoms with E-state index in [4.69, 9.17) is 14.7 Å². The van der Waals surface area contributed by atoms with E-state index in [1.54, 1.807) is 31.4 Å². The first-order valence-electron chi connectivity index (χ1n) is 7.98. The van der Waals surface area contributed by atoms with Crippen molar-refractivity contribution in [3.63, 3.8) is 0 Å². The molecule has 0 amide bonds. The minimum absolute atomic E-state index is 0.144. The van der Waals surface area contributed by atoms with Gasteiger partial charge in [0.15, 0.2) is 0 Å². The highest BCUT2D eigenvalue weighted by Crippen LogP contribution is 2.28. The molecule has 2 rings (SSSR count). The molecule has 5 nitrogen and oxygen atoms in total. The van der Waals surface area contributed by atoms with Gasteiger partial charge in [-0.3, -0.25) is 5.32 Å². The monoisotopic (exact) mass is 338 g/mol. The first-order chi connectivity index (χ1) is 12.0. The minimum Gasteiger partial charge on any atom is -0.496 e. The lowest BCUT2D eigenvalue weighted by atomic mass is 10.0. The van der Waals surface area contributed by atoms with Gasteiger partial charge in [-0.25, -0.2) is 4.79 Å². The molecule has 1 N–H and O–H groups in total. The van der Waals surface area contributed by atoms with E-state index >= 15 is 0 Å². The topological polar surface area (TPSA) is 71.3 Å². The van der Waals surface area contributed by atoms with Crippen LogP contribution in [0, 0.1) is 18.3 Å². The Morgan fingerprint density at radius 2 is 1.84 bits per heavy atom. The van der Waals surface area contributed by atoms with Crippen molar-refractivity contribution in [3.8, 4) is 11.8 Å². The third-order valence-corrected chi connectivity index (χ3v) is 4.08. The summed E-state index contributed by atoms with van der Waals surface area (Å²) in [6.45, 7) is 3.98. The lowest BCUT2D eigenvalue weighted by molar-refractivity contribution is -0.143. The molecule has 0 spiro atoms. The van der Waals surface area contributed by atoms with Gasteiger partial charge < -0.3 is 9.47 Å². The molecule has 0 saturated carbocycles. The molecule has 0 saturated heterocycles. The Kier molecular flexibility index (Phi) is 6.15. The standard InChI is InChI=1S/C20H22N2O3/c1-13-5-10-18(24-3)17(11-13)14(2)22-19(20(23)25-4)16-8-6-15(12-21)7-9-16/h5-11,14,19,22H,1-4H3/t14-,19-/m0/s1. The van der Waals surface area contributed by atoms with E-state index in [9.17, 15) is 4.79 Å². The van der Waals surface area contributed by atoms with Gasteiger partial charge in [-0.2, -0.15) is 5.26 Å². The van der Waals surface area contributed by atoms with Gasteiger partial charge >= 0.3 is 5.97 Å². The van der Waals surface area contributed by atoms with Gasteiger partial charge in [-0.1, -0.05) is 29.8 Å². The number of hydrogen-bond donors (Lipinski definition) is 1. The number of ether oxygens (including phenoxy) is 2. The van der Waals surface area contributed by atoms with Crippen LogP contribution in [-0.2, 0) is 9.53 Å². The molecule has 0 aromatic heterocycles. The van der Waals surface area contributed by atoms with Crippen LogP contribution in [0.3, 0.4) is 0 Å². The first-order valence-corrected chi connectivity index (χ1v) is 7.98. The summed E-state index contributed by atoms with van der Waals surface area (Å²) in [4.78, 5) is 12.3. The summed E-state index contributed by atoms with van der Waals surface area (Å²) in [5.41, 5.74) is 3.35. The third kappa shape index (κ3) is 4.37. The number of nitrogens with zero attached hydrogens (tertiary/aromatic N) is 1. The van der Waals surface area contributed by atoms with Gasteiger partial charge in [0.25, 0.3) is 0 Å². The number of benzene rings is 2. The molecule has 0 aliphatic carbocycles. The van der Waals surface area contributed by atoms with Crippen LogP contribution in [0.1, 0.15) is 41.3 Å². The molecular formula is C20H22N2O3. The van der Waals surface area contributed by atoms with Crippen molar-refractivity contribution in [1.82, 2.24) is 5.32 Å². The van der Waals surface area contributed by atoms with E-state index in [1.807, 2.05) is 32.0 Å². The van der Waals surface area contributed by atoms with Crippen molar-refractivity contribution in [2.45, 2.75) is 25.9 Å². The van der Waals surface area contributed by atoms with Gasteiger partial charge in [0.05, 0.1) is 25.9 Å². The Morgan fingerprint density at radius 1 is 1.16 bits per heavy atom. The molecular weight excluding hydrogens is 316 g/mol. The summed E-state index contributed by atoms with van der Waals surface area (Å²) in [6.07, 6.45) is 0. The van der Waals surface area contributed by atoms with Gasteiger partial charge in [0, 0.05) is 11.6 Å². The molecule has 0 heterocycles. The highest BCUT2D eigenvalue weighted by atomic mass is 16.5. The fourth-order valence-corrected chi connectivity index (χ4v) is 2.70. The highest BCUT2D eigenvalue weighted by molar-refractivity contribution is 5.77. The van der Waals surface area contributed by atoms with Gasteiger partial charge in [0.2, 0.25) is 0 Å². The number of nitriles is 1. The molecule has 0 radical (unpaired) electrons. The molecule has 0 fully saturated rings. The van der Waals surface area contributed by atoms with E-state index in [2.05, 4.69) is 11.4 Å². The Hall–Kier alpha value is -2.84. The average Bonchev–Trinajstić information content (AvgIpc) is 2.65. The van der Waals surface area contributed by atoms with Crippen molar-refractivity contribution < 1.29 is 14.3 Å². The molecule has 0 unspecified atom stereocenters. The first kappa shape index (κ1) is 18.5. The normalized spacial score (nSPS) is 12.8. The number of carbonyl (C=O) groups excluding carboxylic acids is 1. The predicted octanol–water partition coefficient (Wildman–Crippen LogP) is 3.44. The van der Waals surface area contributed by atoms with Gasteiger partial charge in [-0.15, -0.1) is 0 Å². The van der Waals surface area contributed by atoms with E-state index in [0.717, 1.165) is 22.4 Å². The van der Waals surface area contributed by atoms with Crippen LogP contribution in [0.5, 0.6) is 5.75 Å². The van der Waals surface area contributed by atoms with Crippen LogP contribution >= 0.6 is 0 Å². The number of hydrogen-bond acceptors (Lipinski definition) is 5. The van der Waals surface area contributed by atoms with E-state index in [1.165, 1.54) is 7.11 Å². The van der Waals surface area contributed by atoms with Gasteiger partial charge in [-0.05, 0) is 37.6 Å². The molecule has 0 aliphatic rings. The predicted molar refractivity (Wildman–Crippen MR) is 95.2 cm³/mol. The maximum absolute atomic E-state index is 12.3. The van der Waals surface area contributed by atoms with E-state index in [0.29, 0.717) is 5.56 Å². The number of methoxy groups -OCH3 is 2. The van der Waals surface area contributed by atoms with E-state index < -0.39 is 6.04 Å². The summed E-state index contributed by atoms with van der Waals surface area (Å²) < 4.78 is 10.4. The van der Waals surface area contributed by atoms with Crippen LogP contribution in [0.25, 0.3) is 0 Å². The summed E-state index contributed by atoms with van der Waals surface area (Å²) in [5, 5.41) is 12.2. The number of rotatable bonds is 6. The second kappa shape index (κ2) is 8.32. The van der Waals surface area contributed by atoms with Gasteiger partial charge in [0.1, 0.15) is 11.8 Å². The third-order valence-electron chi connectivity index (χ3n) is 4.08. The zero-order chi connectivity index (χ0) is 18.4. The fraction of sp³-hybridized carbons (Fsp3) is 0.300. The summed E-state index contributed by atoms with van der Waals surface area (Å²) in [7, 11) is 2.98. The Bertz CT molecular complexity index is 779. The van der Waals surface area contributed by atoms with Crippen LogP contribution < -0.4 is 10.1 Å². The Balaban J connectivity index is 2.32. The number of aryl methyl sites for hydroxylation is 1. The average molecular weight is 338 g/mol. The largest absolute Gasteiger partial charge is 0.496 e. The zero-order valence-corrected chi connectivity index (χ0v) is 14.9. The molecule has 5 heteroatoms. The van der Waals surface area contributed by atoms with Crippen molar-refractivity contribution in [3.05, 3.63) is 64.7 Å². The number of esters is 1. The summed E-state index contributed by atoms with van der Waals surface area (Å²) >= 11 is 0. The van der Waals surface area contributed by atoms with Crippen molar-refractivity contribution >= 4 is 5.97 Å². The maximum atomic E-state index is 12.3. The molecule has 130 valence electrons. The molecule has 0 aliphatic heterocycles. The minimum atomic E-state index is -0.641. The molecule has 2 atom stereocenters. The van der Waals surface area contributed by atoms with Crippen molar-refractivity contribution in [1.29, 1.82) is 5.26 Å². The Labute approximate surface area is 148 Å². The SMILES string of the molecule is COC(=O)[C@@H](N[C@@H](C)c1cc(C)ccc1OC)c1ccc(C#N)cc1. The lowest BCUT2D eigenvalue weighted by Gasteiger charge is -2.24. The second-order valence-electron chi connectivity index (χ2n) is 5.82. The van der Waals surface area contributed by atoms with Crippen molar-refractivity contribution in [2.24, 2.45) is 0 Å². The smallest absolute Gasteiger partial charge is 0.327 e. The number of carbonyl (C=O) groups is 1. The molecule has 2 aromatic carbocycles. The Morgan fingerprint density at radius 3 is 2.40 bits per heavy atom. The maximum Gasteiger partial charge on any atom is 0.327 e. The van der Waals surface area contributed by atoms with E-state index in [-0.39, 0.29) is 12.0 Å². The quantitative estimate of drug-likeness (QED) is 0.817. The second-order valence-corrected chi connectivity index (χ2v) is 5.82. The van der Waals surface area contributed by atoms with Crippen molar-refractivity contribution in [2.75, 3.05) is 14.2 Å².